The van der Waals surface area contributed by atoms with E-state index in [9.17, 15) is 5.11 Å². The molecular weight excluding hydrogens is 256 g/mol. The summed E-state index contributed by atoms with van der Waals surface area (Å²) < 4.78 is 12.4. The minimum atomic E-state index is -0.774. The molecule has 1 N–H and O–H groups in total. The van der Waals surface area contributed by atoms with E-state index in [1.54, 1.807) is 44.9 Å². The number of hydrogen-bond donors (Lipinski definition) is 1. The number of aromatic nitrogens is 2. The van der Waals surface area contributed by atoms with Crippen molar-refractivity contribution in [3.05, 3.63) is 42.0 Å². The number of aliphatic hydroxyl groups is 1. The molecule has 0 saturated carbocycles. The maximum Gasteiger partial charge on any atom is 0.122 e. The Morgan fingerprint density at radius 2 is 1.70 bits per heavy atom. The van der Waals surface area contributed by atoms with Crippen molar-refractivity contribution in [2.75, 3.05) is 14.2 Å². The molecule has 0 amide bonds. The van der Waals surface area contributed by atoms with Gasteiger partial charge in [-0.1, -0.05) is 0 Å². The lowest BCUT2D eigenvalue weighted by molar-refractivity contribution is 0.207. The van der Waals surface area contributed by atoms with Crippen molar-refractivity contribution in [1.29, 1.82) is 0 Å². The SMILES string of the molecule is COc1cc(OC)cc(C(O)c2cncn2C(C)C)c1. The third-order valence-corrected chi connectivity index (χ3v) is 3.22. The smallest absolute Gasteiger partial charge is 0.122 e. The van der Waals surface area contributed by atoms with Crippen LogP contribution in [-0.4, -0.2) is 28.9 Å². The van der Waals surface area contributed by atoms with Gasteiger partial charge in [-0.05, 0) is 31.5 Å². The van der Waals surface area contributed by atoms with Gasteiger partial charge in [0.15, 0.2) is 0 Å². The van der Waals surface area contributed by atoms with Gasteiger partial charge in [-0.3, -0.25) is 0 Å². The summed E-state index contributed by atoms with van der Waals surface area (Å²) >= 11 is 0. The molecule has 5 nitrogen and oxygen atoms in total. The third-order valence-electron chi connectivity index (χ3n) is 3.22. The molecule has 0 aliphatic carbocycles. The number of nitrogens with zero attached hydrogens (tertiary/aromatic N) is 2. The van der Waals surface area contributed by atoms with E-state index in [0.717, 1.165) is 5.69 Å². The van der Waals surface area contributed by atoms with Crippen LogP contribution in [0, 0.1) is 0 Å². The van der Waals surface area contributed by atoms with Crippen molar-refractivity contribution in [2.24, 2.45) is 0 Å². The zero-order valence-electron chi connectivity index (χ0n) is 12.2. The lowest BCUT2D eigenvalue weighted by Gasteiger charge is -2.18. The maximum absolute atomic E-state index is 10.6. The molecule has 1 heterocycles. The lowest BCUT2D eigenvalue weighted by Crippen LogP contribution is -2.10. The molecule has 1 aromatic carbocycles. The van der Waals surface area contributed by atoms with Gasteiger partial charge >= 0.3 is 0 Å². The van der Waals surface area contributed by atoms with Crippen molar-refractivity contribution in [3.63, 3.8) is 0 Å². The number of imidazole rings is 1. The Kier molecular flexibility index (Phi) is 4.29. The molecule has 0 bridgehead atoms. The fourth-order valence-corrected chi connectivity index (χ4v) is 2.12. The summed E-state index contributed by atoms with van der Waals surface area (Å²) in [6.07, 6.45) is 2.63. The molecule has 1 aromatic heterocycles. The summed E-state index contributed by atoms with van der Waals surface area (Å²) in [5.74, 6) is 1.29. The lowest BCUT2D eigenvalue weighted by atomic mass is 10.1. The van der Waals surface area contributed by atoms with Crippen LogP contribution in [-0.2, 0) is 0 Å². The van der Waals surface area contributed by atoms with Crippen LogP contribution in [0.15, 0.2) is 30.7 Å². The van der Waals surface area contributed by atoms with E-state index in [-0.39, 0.29) is 6.04 Å². The predicted octanol–water partition coefficient (Wildman–Crippen LogP) is 2.56. The van der Waals surface area contributed by atoms with Crippen LogP contribution in [0.3, 0.4) is 0 Å². The third kappa shape index (κ3) is 2.77. The Morgan fingerprint density at radius 3 is 2.20 bits per heavy atom. The molecule has 1 unspecified atom stereocenters. The second-order valence-corrected chi connectivity index (χ2v) is 4.87. The first-order valence-corrected chi connectivity index (χ1v) is 6.49. The van der Waals surface area contributed by atoms with Crippen LogP contribution in [0.1, 0.15) is 37.3 Å². The van der Waals surface area contributed by atoms with Crippen LogP contribution in [0.5, 0.6) is 11.5 Å². The minimum Gasteiger partial charge on any atom is -0.497 e. The van der Waals surface area contributed by atoms with Crippen molar-refractivity contribution in [2.45, 2.75) is 26.0 Å². The molecule has 0 radical (unpaired) electrons. The average molecular weight is 276 g/mol. The fraction of sp³-hybridized carbons (Fsp3) is 0.400. The molecule has 0 fully saturated rings. The highest BCUT2D eigenvalue weighted by molar-refractivity contribution is 5.41. The molecule has 0 aliphatic heterocycles. The topological polar surface area (TPSA) is 56.5 Å². The van der Waals surface area contributed by atoms with Gasteiger partial charge in [0.1, 0.15) is 17.6 Å². The number of rotatable bonds is 5. The van der Waals surface area contributed by atoms with Crippen molar-refractivity contribution < 1.29 is 14.6 Å². The van der Waals surface area contributed by atoms with Gasteiger partial charge in [-0.2, -0.15) is 0 Å². The highest BCUT2D eigenvalue weighted by Crippen LogP contribution is 2.30. The van der Waals surface area contributed by atoms with Gasteiger partial charge in [0.25, 0.3) is 0 Å². The molecule has 0 saturated heterocycles. The Morgan fingerprint density at radius 1 is 1.10 bits per heavy atom. The van der Waals surface area contributed by atoms with E-state index in [1.807, 2.05) is 18.4 Å². The van der Waals surface area contributed by atoms with Gasteiger partial charge in [0, 0.05) is 12.1 Å². The summed E-state index contributed by atoms with van der Waals surface area (Å²) in [5, 5.41) is 10.6. The first kappa shape index (κ1) is 14.4. The standard InChI is InChI=1S/C15H20N2O3/c1-10(2)17-9-16-8-14(17)15(18)11-5-12(19-3)7-13(6-11)20-4/h5-10,15,18H,1-4H3. The summed E-state index contributed by atoms with van der Waals surface area (Å²) in [5.41, 5.74) is 1.46. The van der Waals surface area contributed by atoms with Gasteiger partial charge in [-0.25, -0.2) is 4.98 Å². The Bertz CT molecular complexity index is 556. The largest absolute Gasteiger partial charge is 0.497 e. The highest BCUT2D eigenvalue weighted by Gasteiger charge is 2.18. The van der Waals surface area contributed by atoms with E-state index in [0.29, 0.717) is 17.1 Å². The molecule has 108 valence electrons. The summed E-state index contributed by atoms with van der Waals surface area (Å²) in [4.78, 5) is 4.12. The molecule has 2 rings (SSSR count). The zero-order chi connectivity index (χ0) is 14.7. The Labute approximate surface area is 118 Å². The van der Waals surface area contributed by atoms with Crippen LogP contribution in [0.2, 0.25) is 0 Å². The van der Waals surface area contributed by atoms with Crippen LogP contribution in [0.25, 0.3) is 0 Å². The number of ether oxygens (including phenoxy) is 2. The monoisotopic (exact) mass is 276 g/mol. The van der Waals surface area contributed by atoms with Crippen LogP contribution >= 0.6 is 0 Å². The second-order valence-electron chi connectivity index (χ2n) is 4.87. The minimum absolute atomic E-state index is 0.231. The zero-order valence-corrected chi connectivity index (χ0v) is 12.2. The molecular formula is C15H20N2O3. The van der Waals surface area contributed by atoms with Crippen molar-refractivity contribution in [1.82, 2.24) is 9.55 Å². The molecule has 5 heteroatoms. The Balaban J connectivity index is 2.42. The molecule has 1 atom stereocenters. The summed E-state index contributed by atoms with van der Waals surface area (Å²) in [7, 11) is 3.17. The molecule has 20 heavy (non-hydrogen) atoms. The van der Waals surface area contributed by atoms with E-state index in [4.69, 9.17) is 9.47 Å². The van der Waals surface area contributed by atoms with E-state index in [2.05, 4.69) is 4.98 Å². The quantitative estimate of drug-likeness (QED) is 0.912. The normalized spacial score (nSPS) is 12.5. The number of aliphatic hydroxyl groups excluding tert-OH is 1. The van der Waals surface area contributed by atoms with Gasteiger partial charge in [0.2, 0.25) is 0 Å². The predicted molar refractivity (Wildman–Crippen MR) is 76.2 cm³/mol. The molecule has 2 aromatic rings. The van der Waals surface area contributed by atoms with Crippen molar-refractivity contribution >= 4 is 0 Å². The second kappa shape index (κ2) is 5.96. The first-order chi connectivity index (χ1) is 9.56. The summed E-state index contributed by atoms with van der Waals surface area (Å²) in [6, 6.07) is 5.60. The number of methoxy groups -OCH3 is 2. The number of hydrogen-bond acceptors (Lipinski definition) is 4. The average Bonchev–Trinajstić information content (AvgIpc) is 2.95. The van der Waals surface area contributed by atoms with Gasteiger partial charge < -0.3 is 19.1 Å². The Hall–Kier alpha value is -2.01. The molecule has 0 spiro atoms. The van der Waals surface area contributed by atoms with E-state index >= 15 is 0 Å². The first-order valence-electron chi connectivity index (χ1n) is 6.49. The van der Waals surface area contributed by atoms with Crippen LogP contribution in [0.4, 0.5) is 0 Å². The van der Waals surface area contributed by atoms with Gasteiger partial charge in [-0.15, -0.1) is 0 Å². The fourth-order valence-electron chi connectivity index (χ4n) is 2.12. The van der Waals surface area contributed by atoms with Crippen molar-refractivity contribution in [3.8, 4) is 11.5 Å². The maximum atomic E-state index is 10.6. The van der Waals surface area contributed by atoms with E-state index in [1.165, 1.54) is 0 Å². The van der Waals surface area contributed by atoms with Crippen LogP contribution < -0.4 is 9.47 Å². The van der Waals surface area contributed by atoms with Gasteiger partial charge in [0.05, 0.1) is 32.4 Å². The number of benzene rings is 1. The molecule has 0 aliphatic rings. The highest BCUT2D eigenvalue weighted by atomic mass is 16.5. The summed E-state index contributed by atoms with van der Waals surface area (Å²) in [6.45, 7) is 4.09. The van der Waals surface area contributed by atoms with E-state index < -0.39 is 6.10 Å².